The van der Waals surface area contributed by atoms with Crippen molar-refractivity contribution in [2.75, 3.05) is 16.2 Å². The zero-order chi connectivity index (χ0) is 27.8. The molecule has 0 spiro atoms. The molecular weight excluding hydrogens is 505 g/mol. The van der Waals surface area contributed by atoms with Crippen molar-refractivity contribution in [2.24, 2.45) is 7.05 Å². The van der Waals surface area contributed by atoms with Gasteiger partial charge < -0.3 is 14.9 Å². The van der Waals surface area contributed by atoms with Crippen LogP contribution in [0, 0.1) is 5.82 Å². The summed E-state index contributed by atoms with van der Waals surface area (Å²) in [5.74, 6) is -1.01. The van der Waals surface area contributed by atoms with Crippen LogP contribution in [0.5, 0.6) is 0 Å². The number of aryl methyl sites for hydroxylation is 1. The van der Waals surface area contributed by atoms with E-state index in [0.717, 1.165) is 15.5 Å². The van der Waals surface area contributed by atoms with Gasteiger partial charge in [-0.15, -0.1) is 0 Å². The Bertz CT molecular complexity index is 1330. The molecule has 3 rings (SSSR count). The molecule has 0 radical (unpaired) electrons. The summed E-state index contributed by atoms with van der Waals surface area (Å²) >= 11 is 0. The zero-order valence-electron chi connectivity index (χ0n) is 21.6. The first kappa shape index (κ1) is 28.6. The minimum atomic E-state index is -4.17. The van der Waals surface area contributed by atoms with Crippen molar-refractivity contribution in [1.82, 2.24) is 4.57 Å². The second-order valence-corrected chi connectivity index (χ2v) is 12.3. The first-order valence-corrected chi connectivity index (χ1v) is 13.5. The van der Waals surface area contributed by atoms with Gasteiger partial charge in [-0.1, -0.05) is 13.0 Å². The fraction of sp³-hybridized carbons (Fsp3) is 0.520. The number of carbonyl (C=O) groups is 1. The lowest BCUT2D eigenvalue weighted by Crippen LogP contribution is -2.39. The fourth-order valence-corrected chi connectivity index (χ4v) is 5.72. The largest absolute Gasteiger partial charge is 0.443 e. The van der Waals surface area contributed by atoms with Gasteiger partial charge in [0, 0.05) is 13.1 Å². The van der Waals surface area contributed by atoms with Gasteiger partial charge in [-0.3, -0.25) is 14.1 Å². The van der Waals surface area contributed by atoms with Crippen LogP contribution < -0.4 is 15.2 Å². The topological polar surface area (TPSA) is 138 Å². The number of aromatic nitrogens is 1. The summed E-state index contributed by atoms with van der Waals surface area (Å²) in [6.45, 7) is 6.11. The third kappa shape index (κ3) is 6.13. The van der Waals surface area contributed by atoms with Gasteiger partial charge in [0.1, 0.15) is 17.2 Å². The van der Waals surface area contributed by atoms with Crippen LogP contribution >= 0.6 is 0 Å². The number of hydrogen-bond acceptors (Lipinski definition) is 7. The van der Waals surface area contributed by atoms with Crippen molar-refractivity contribution in [3.05, 3.63) is 52.1 Å². The number of nitrogens with zero attached hydrogens (tertiary/aromatic N) is 2. The summed E-state index contributed by atoms with van der Waals surface area (Å²) in [6.07, 6.45) is -1.40. The quantitative estimate of drug-likeness (QED) is 0.445. The highest BCUT2D eigenvalue weighted by atomic mass is 32.2. The molecule has 1 fully saturated rings. The second kappa shape index (κ2) is 10.4. The first-order valence-electron chi connectivity index (χ1n) is 12.0. The van der Waals surface area contributed by atoms with Crippen molar-refractivity contribution in [3.8, 4) is 0 Å². The lowest BCUT2D eigenvalue weighted by atomic mass is 10.1. The van der Waals surface area contributed by atoms with Gasteiger partial charge in [0.25, 0.3) is 5.56 Å². The van der Waals surface area contributed by atoms with Gasteiger partial charge in [-0.2, -0.15) is 0 Å². The number of aliphatic hydroxyl groups excluding tert-OH is 2. The van der Waals surface area contributed by atoms with E-state index in [1.165, 1.54) is 25.2 Å². The molecular formula is C25H34FN3O7S. The smallest absolute Gasteiger partial charge is 0.420 e. The molecule has 1 aliphatic carbocycles. The summed E-state index contributed by atoms with van der Waals surface area (Å²) in [5, 5.41) is 19.1. The first-order chi connectivity index (χ1) is 17.1. The summed E-state index contributed by atoms with van der Waals surface area (Å²) in [6, 6.07) is 6.56. The zero-order valence-corrected chi connectivity index (χ0v) is 22.4. The van der Waals surface area contributed by atoms with Gasteiger partial charge in [0.15, 0.2) is 0 Å². The van der Waals surface area contributed by atoms with Gasteiger partial charge in [0.05, 0.1) is 28.8 Å². The molecule has 1 saturated carbocycles. The maximum Gasteiger partial charge on any atom is 0.420 e. The Morgan fingerprint density at radius 1 is 1.27 bits per heavy atom. The Kier molecular flexibility index (Phi) is 8.06. The summed E-state index contributed by atoms with van der Waals surface area (Å²) in [7, 11) is -2.84. The number of aliphatic hydroxyl groups is 2. The monoisotopic (exact) mass is 539 g/mol. The van der Waals surface area contributed by atoms with Gasteiger partial charge in [-0.25, -0.2) is 22.5 Å². The molecule has 1 heterocycles. The highest BCUT2D eigenvalue weighted by molar-refractivity contribution is 7.94. The van der Waals surface area contributed by atoms with Crippen LogP contribution in [0.2, 0.25) is 0 Å². The number of carbonyl (C=O) groups excluding carboxylic acids is 1. The molecule has 1 aromatic heterocycles. The third-order valence-corrected chi connectivity index (χ3v) is 8.37. The van der Waals surface area contributed by atoms with E-state index < -0.39 is 50.6 Å². The molecule has 2 aromatic rings. The Hall–Kier alpha value is -2.96. The van der Waals surface area contributed by atoms with Crippen LogP contribution in [-0.2, 0) is 28.2 Å². The highest BCUT2D eigenvalue weighted by Crippen LogP contribution is 2.48. The number of nitrogens with one attached hydrogen (secondary N) is 1. The molecule has 3 N–H and O–H groups in total. The van der Waals surface area contributed by atoms with E-state index >= 15 is 4.39 Å². The van der Waals surface area contributed by atoms with Crippen LogP contribution in [0.15, 0.2) is 35.1 Å². The average molecular weight is 540 g/mol. The number of anilines is 3. The van der Waals surface area contributed by atoms with E-state index in [0.29, 0.717) is 12.0 Å². The van der Waals surface area contributed by atoms with Crippen molar-refractivity contribution >= 4 is 33.3 Å². The molecule has 204 valence electrons. The summed E-state index contributed by atoms with van der Waals surface area (Å²) in [4.78, 5) is 26.9. The molecule has 0 saturated heterocycles. The molecule has 1 amide bonds. The average Bonchev–Trinajstić information content (AvgIpc) is 3.59. The minimum absolute atomic E-state index is 0.156. The number of benzene rings is 1. The Labute approximate surface area is 215 Å². The number of hydrogen-bond donors (Lipinski definition) is 3. The van der Waals surface area contributed by atoms with Gasteiger partial charge >= 0.3 is 6.09 Å². The SMILES string of the molecule is CCc1ccc(N(C(=O)OC(C)(C)C)c2c(NS(=O)(=O)C3(CC(O)CO)CC3)ccc(=O)n2C)c(F)c1. The molecule has 1 atom stereocenters. The third-order valence-electron chi connectivity index (χ3n) is 6.17. The predicted octanol–water partition coefficient (Wildman–Crippen LogP) is 3.18. The normalized spacial score (nSPS) is 15.7. The second-order valence-electron chi connectivity index (χ2n) is 10.3. The molecule has 12 heteroatoms. The minimum Gasteiger partial charge on any atom is -0.443 e. The fourth-order valence-electron chi connectivity index (χ4n) is 4.00. The Morgan fingerprint density at radius 3 is 2.43 bits per heavy atom. The van der Waals surface area contributed by atoms with Crippen molar-refractivity contribution < 1.29 is 32.6 Å². The summed E-state index contributed by atoms with van der Waals surface area (Å²) < 4.78 is 49.8. The van der Waals surface area contributed by atoms with Crippen molar-refractivity contribution in [3.63, 3.8) is 0 Å². The van der Waals surface area contributed by atoms with E-state index in [1.54, 1.807) is 26.8 Å². The Morgan fingerprint density at radius 2 is 1.92 bits per heavy atom. The lowest BCUT2D eigenvalue weighted by molar-refractivity contribution is 0.0596. The molecule has 1 aliphatic rings. The lowest BCUT2D eigenvalue weighted by Gasteiger charge is -2.30. The number of amides is 1. The van der Waals surface area contributed by atoms with E-state index in [1.807, 2.05) is 6.92 Å². The number of ether oxygens (including phenoxy) is 1. The summed E-state index contributed by atoms with van der Waals surface area (Å²) in [5.41, 5.74) is -1.28. The van der Waals surface area contributed by atoms with Crippen LogP contribution in [0.4, 0.5) is 26.4 Å². The van der Waals surface area contributed by atoms with Crippen molar-refractivity contribution in [1.29, 1.82) is 0 Å². The van der Waals surface area contributed by atoms with Crippen LogP contribution in [0.1, 0.15) is 52.5 Å². The molecule has 37 heavy (non-hydrogen) atoms. The van der Waals surface area contributed by atoms with E-state index in [4.69, 9.17) is 4.74 Å². The maximum atomic E-state index is 15.3. The van der Waals surface area contributed by atoms with E-state index in [-0.39, 0.29) is 36.5 Å². The van der Waals surface area contributed by atoms with Gasteiger partial charge in [-0.05, 0) is 70.2 Å². The highest BCUT2D eigenvalue weighted by Gasteiger charge is 2.55. The number of sulfonamides is 1. The van der Waals surface area contributed by atoms with Crippen LogP contribution in [0.3, 0.4) is 0 Å². The molecule has 1 aromatic carbocycles. The number of halogens is 1. The van der Waals surface area contributed by atoms with Crippen molar-refractivity contribution in [2.45, 2.75) is 69.8 Å². The molecule has 10 nitrogen and oxygen atoms in total. The number of pyridine rings is 1. The van der Waals surface area contributed by atoms with Crippen LogP contribution in [0.25, 0.3) is 0 Å². The standard InChI is InChI=1S/C25H34FN3O7S/c1-6-16-7-9-20(18(26)13-16)29(23(33)36-24(2,3)4)22-19(8-10-21(32)28(22)5)27-37(34,35)25(11-12-25)14-17(31)15-30/h7-10,13,17,27,30-31H,6,11-12,14-15H2,1-5H3. The number of rotatable bonds is 9. The van der Waals surface area contributed by atoms with E-state index in [2.05, 4.69) is 4.72 Å². The Balaban J connectivity index is 2.19. The molecule has 0 aliphatic heterocycles. The molecule has 1 unspecified atom stereocenters. The van der Waals surface area contributed by atoms with E-state index in [9.17, 15) is 28.2 Å². The molecule has 0 bridgehead atoms. The predicted molar refractivity (Wildman–Crippen MR) is 138 cm³/mol. The van der Waals surface area contributed by atoms with Crippen LogP contribution in [-0.4, -0.2) is 52.4 Å². The maximum absolute atomic E-state index is 15.3. The van der Waals surface area contributed by atoms with Gasteiger partial charge in [0.2, 0.25) is 10.0 Å².